The topological polar surface area (TPSA) is 76.1 Å². The number of carbonyl (C=O) groups is 1. The number of anilines is 1. The van der Waals surface area contributed by atoms with Gasteiger partial charge in [0, 0.05) is 19.1 Å². The zero-order valence-electron chi connectivity index (χ0n) is 12.4. The highest BCUT2D eigenvalue weighted by Gasteiger charge is 2.16. The number of hydrogen-bond donors (Lipinski definition) is 2. The van der Waals surface area contributed by atoms with Gasteiger partial charge in [-0.3, -0.25) is 4.79 Å². The predicted octanol–water partition coefficient (Wildman–Crippen LogP) is 1.37. The number of aromatic nitrogens is 2. The molecule has 0 radical (unpaired) electrons. The van der Waals surface area contributed by atoms with E-state index in [1.165, 1.54) is 0 Å². The van der Waals surface area contributed by atoms with Crippen LogP contribution in [0.25, 0.3) is 0 Å². The van der Waals surface area contributed by atoms with Gasteiger partial charge in [0.05, 0.1) is 31.2 Å². The molecule has 0 atom stereocenters. The van der Waals surface area contributed by atoms with Crippen LogP contribution in [-0.2, 0) is 14.9 Å². The minimum Gasteiger partial charge on any atom is -0.383 e. The molecule has 1 rings (SSSR count). The van der Waals surface area contributed by atoms with E-state index >= 15 is 0 Å². The molecule has 0 saturated heterocycles. The zero-order valence-corrected chi connectivity index (χ0v) is 13.2. The Hall–Kier alpha value is -1.24. The number of carbonyl (C=O) groups excluding carboxylic acids is 1. The van der Waals surface area contributed by atoms with Crippen molar-refractivity contribution in [1.29, 1.82) is 0 Å². The highest BCUT2D eigenvalue weighted by molar-refractivity contribution is 5.91. The van der Waals surface area contributed by atoms with Crippen molar-refractivity contribution in [2.45, 2.75) is 26.2 Å². The summed E-state index contributed by atoms with van der Waals surface area (Å²) in [4.78, 5) is 20.1. The van der Waals surface area contributed by atoms with Crippen molar-refractivity contribution < 1.29 is 9.53 Å². The lowest BCUT2D eigenvalue weighted by atomic mass is 9.96. The quantitative estimate of drug-likeness (QED) is 0.776. The number of ether oxygens (including phenoxy) is 1. The van der Waals surface area contributed by atoms with Gasteiger partial charge in [0.25, 0.3) is 0 Å². The molecule has 20 heavy (non-hydrogen) atoms. The van der Waals surface area contributed by atoms with Crippen molar-refractivity contribution >= 4 is 24.0 Å². The number of methoxy groups -OCH3 is 1. The second-order valence-corrected chi connectivity index (χ2v) is 5.26. The maximum absolute atomic E-state index is 11.6. The second kappa shape index (κ2) is 8.84. The number of amides is 1. The molecule has 0 bridgehead atoms. The van der Waals surface area contributed by atoms with Crippen molar-refractivity contribution in [2.24, 2.45) is 0 Å². The van der Waals surface area contributed by atoms with E-state index < -0.39 is 0 Å². The Morgan fingerprint density at radius 2 is 1.90 bits per heavy atom. The van der Waals surface area contributed by atoms with Crippen molar-refractivity contribution in [3.8, 4) is 0 Å². The van der Waals surface area contributed by atoms with Crippen LogP contribution in [0.4, 0.5) is 5.69 Å². The van der Waals surface area contributed by atoms with E-state index in [2.05, 4.69) is 20.6 Å². The lowest BCUT2D eigenvalue weighted by Gasteiger charge is -2.16. The summed E-state index contributed by atoms with van der Waals surface area (Å²) < 4.78 is 4.87. The molecular weight excluding hydrogens is 280 g/mol. The van der Waals surface area contributed by atoms with E-state index in [0.717, 1.165) is 5.82 Å². The lowest BCUT2D eigenvalue weighted by Crippen LogP contribution is -2.30. The van der Waals surface area contributed by atoms with E-state index in [-0.39, 0.29) is 30.3 Å². The third kappa shape index (κ3) is 6.79. The summed E-state index contributed by atoms with van der Waals surface area (Å²) in [7, 11) is 1.62. The average Bonchev–Trinajstić information content (AvgIpc) is 2.34. The first-order valence-corrected chi connectivity index (χ1v) is 6.25. The highest BCUT2D eigenvalue weighted by atomic mass is 35.5. The zero-order chi connectivity index (χ0) is 14.3. The van der Waals surface area contributed by atoms with Crippen LogP contribution in [0.3, 0.4) is 0 Å². The van der Waals surface area contributed by atoms with Crippen LogP contribution < -0.4 is 10.6 Å². The molecule has 0 spiro atoms. The first kappa shape index (κ1) is 18.8. The van der Waals surface area contributed by atoms with Crippen LogP contribution in [-0.4, -0.2) is 42.7 Å². The van der Waals surface area contributed by atoms with Crippen LogP contribution in [0.5, 0.6) is 0 Å². The highest BCUT2D eigenvalue weighted by Crippen LogP contribution is 2.17. The minimum atomic E-state index is -0.122. The van der Waals surface area contributed by atoms with Crippen molar-refractivity contribution in [3.63, 3.8) is 0 Å². The molecule has 0 unspecified atom stereocenters. The summed E-state index contributed by atoms with van der Waals surface area (Å²) >= 11 is 0. The molecule has 1 heterocycles. The van der Waals surface area contributed by atoms with E-state index in [1.54, 1.807) is 19.5 Å². The van der Waals surface area contributed by atoms with E-state index in [0.29, 0.717) is 18.8 Å². The monoisotopic (exact) mass is 302 g/mol. The Kier molecular flexibility index (Phi) is 8.29. The number of nitrogens with zero attached hydrogens (tertiary/aromatic N) is 2. The Morgan fingerprint density at radius 1 is 1.30 bits per heavy atom. The van der Waals surface area contributed by atoms with E-state index in [4.69, 9.17) is 4.74 Å². The fraction of sp³-hybridized carbons (Fsp3) is 0.615. The SMILES string of the molecule is COCCNCC(=O)Nc1cnc(C(C)(C)C)nc1.Cl. The van der Waals surface area contributed by atoms with Gasteiger partial charge in [-0.15, -0.1) is 12.4 Å². The summed E-state index contributed by atoms with van der Waals surface area (Å²) in [6.07, 6.45) is 3.25. The summed E-state index contributed by atoms with van der Waals surface area (Å²) in [5.74, 6) is 0.631. The van der Waals surface area contributed by atoms with Crippen LogP contribution >= 0.6 is 12.4 Å². The Bertz CT molecular complexity index is 404. The Labute approximate surface area is 126 Å². The van der Waals surface area contributed by atoms with Crippen molar-refractivity contribution in [2.75, 3.05) is 32.1 Å². The molecule has 0 aliphatic carbocycles. The van der Waals surface area contributed by atoms with Gasteiger partial charge >= 0.3 is 0 Å². The molecule has 1 aromatic heterocycles. The summed E-state index contributed by atoms with van der Waals surface area (Å²) in [5, 5.41) is 5.69. The third-order valence-electron chi connectivity index (χ3n) is 2.37. The minimum absolute atomic E-state index is 0. The standard InChI is InChI=1S/C13H22N4O2.ClH/c1-13(2,3)12-15-7-10(8-16-12)17-11(18)9-14-5-6-19-4;/h7-8,14H,5-6,9H2,1-4H3,(H,17,18);1H. The van der Waals surface area contributed by atoms with E-state index in [1.807, 2.05) is 20.8 Å². The smallest absolute Gasteiger partial charge is 0.238 e. The van der Waals surface area contributed by atoms with Gasteiger partial charge in [0.1, 0.15) is 5.82 Å². The first-order chi connectivity index (χ1) is 8.93. The van der Waals surface area contributed by atoms with Crippen LogP contribution in [0.1, 0.15) is 26.6 Å². The third-order valence-corrected chi connectivity index (χ3v) is 2.37. The maximum Gasteiger partial charge on any atom is 0.238 e. The molecule has 1 aromatic rings. The summed E-state index contributed by atoms with van der Waals surface area (Å²) in [6.45, 7) is 7.59. The molecule has 2 N–H and O–H groups in total. The van der Waals surface area contributed by atoms with E-state index in [9.17, 15) is 4.79 Å². The molecule has 0 fully saturated rings. The van der Waals surface area contributed by atoms with Crippen molar-refractivity contribution in [3.05, 3.63) is 18.2 Å². The summed E-state index contributed by atoms with van der Waals surface area (Å²) in [6, 6.07) is 0. The number of halogens is 1. The second-order valence-electron chi connectivity index (χ2n) is 5.26. The number of hydrogen-bond acceptors (Lipinski definition) is 5. The molecule has 6 nitrogen and oxygen atoms in total. The fourth-order valence-corrected chi connectivity index (χ4v) is 1.36. The average molecular weight is 303 g/mol. The van der Waals surface area contributed by atoms with Crippen molar-refractivity contribution in [1.82, 2.24) is 15.3 Å². The van der Waals surface area contributed by atoms with Gasteiger partial charge < -0.3 is 15.4 Å². The van der Waals surface area contributed by atoms with Crippen LogP contribution in [0, 0.1) is 0 Å². The summed E-state index contributed by atoms with van der Waals surface area (Å²) in [5.41, 5.74) is 0.510. The van der Waals surface area contributed by atoms with Gasteiger partial charge in [-0.1, -0.05) is 20.8 Å². The first-order valence-electron chi connectivity index (χ1n) is 6.25. The van der Waals surface area contributed by atoms with Crippen LogP contribution in [0.2, 0.25) is 0 Å². The lowest BCUT2D eigenvalue weighted by molar-refractivity contribution is -0.115. The van der Waals surface area contributed by atoms with Gasteiger partial charge in [-0.2, -0.15) is 0 Å². The van der Waals surface area contributed by atoms with Gasteiger partial charge in [0.2, 0.25) is 5.91 Å². The van der Waals surface area contributed by atoms with Gasteiger partial charge in [-0.05, 0) is 0 Å². The normalized spacial score (nSPS) is 10.8. The predicted molar refractivity (Wildman–Crippen MR) is 81.4 cm³/mol. The maximum atomic E-state index is 11.6. The van der Waals surface area contributed by atoms with Gasteiger partial charge in [-0.25, -0.2) is 9.97 Å². The molecule has 7 heteroatoms. The van der Waals surface area contributed by atoms with Crippen LogP contribution in [0.15, 0.2) is 12.4 Å². The largest absolute Gasteiger partial charge is 0.383 e. The fourth-order valence-electron chi connectivity index (χ4n) is 1.36. The molecule has 0 aliphatic rings. The Balaban J connectivity index is 0.00000361. The molecule has 0 aromatic carbocycles. The molecule has 1 amide bonds. The number of nitrogens with one attached hydrogen (secondary N) is 2. The molecular formula is C13H23ClN4O2. The number of rotatable bonds is 6. The molecule has 114 valence electrons. The van der Waals surface area contributed by atoms with Gasteiger partial charge in [0.15, 0.2) is 0 Å². The molecule has 0 aliphatic heterocycles. The Morgan fingerprint density at radius 3 is 2.40 bits per heavy atom. The molecule has 0 saturated carbocycles.